The fourth-order valence-electron chi connectivity index (χ4n) is 1.48. The largest absolute Gasteiger partial charge is 0.534 e. The van der Waals surface area contributed by atoms with Crippen LogP contribution in [0.3, 0.4) is 0 Å². The summed E-state index contributed by atoms with van der Waals surface area (Å²) in [6.07, 6.45) is 0. The van der Waals surface area contributed by atoms with Crippen LogP contribution in [-0.2, 0) is 10.1 Å². The number of aromatic nitrogens is 2. The second-order valence-corrected chi connectivity index (χ2v) is 6.97. The van der Waals surface area contributed by atoms with Gasteiger partial charge in [-0.05, 0) is 0 Å². The van der Waals surface area contributed by atoms with Gasteiger partial charge in [0.2, 0.25) is 5.88 Å². The van der Waals surface area contributed by atoms with Crippen molar-refractivity contribution in [2.45, 2.75) is 5.51 Å². The summed E-state index contributed by atoms with van der Waals surface area (Å²) in [5, 5.41) is 16.4. The number of aromatic amines is 1. The third kappa shape index (κ3) is 5.89. The van der Waals surface area contributed by atoms with Crippen LogP contribution in [0.4, 0.5) is 24.5 Å². The first-order valence-corrected chi connectivity index (χ1v) is 8.85. The molecule has 10 nitrogen and oxygen atoms in total. The SMILES string of the molecule is N#Cc1c(N)cc(=O)[nH]c1Cl.N#Cc1c(N)cc(OS(=O)(=O)C(F)(F)F)nc1Cl. The van der Waals surface area contributed by atoms with Crippen LogP contribution in [0.15, 0.2) is 16.9 Å². The molecular formula is C13H7Cl2F3N6O4S. The van der Waals surface area contributed by atoms with Crippen molar-refractivity contribution in [3.05, 3.63) is 43.9 Å². The van der Waals surface area contributed by atoms with Gasteiger partial charge in [-0.25, -0.2) is 0 Å². The summed E-state index contributed by atoms with van der Waals surface area (Å²) >= 11 is 10.9. The molecule has 0 aliphatic carbocycles. The summed E-state index contributed by atoms with van der Waals surface area (Å²) in [4.78, 5) is 16.1. The summed E-state index contributed by atoms with van der Waals surface area (Å²) in [6.45, 7) is 0. The Morgan fingerprint density at radius 2 is 1.62 bits per heavy atom. The smallest absolute Gasteiger partial charge is 0.397 e. The molecule has 0 bridgehead atoms. The van der Waals surface area contributed by atoms with Gasteiger partial charge in [0.25, 0.3) is 5.56 Å². The van der Waals surface area contributed by atoms with E-state index < -0.39 is 32.2 Å². The molecule has 2 aromatic rings. The third-order valence-corrected chi connectivity index (χ3v) is 4.23. The number of nitrogens with two attached hydrogens (primary N) is 2. The molecule has 0 aromatic carbocycles. The van der Waals surface area contributed by atoms with Crippen molar-refractivity contribution in [2.75, 3.05) is 11.5 Å². The predicted octanol–water partition coefficient (Wildman–Crippen LogP) is 1.90. The molecule has 0 aliphatic rings. The average Bonchev–Trinajstić information content (AvgIpc) is 2.53. The van der Waals surface area contributed by atoms with Crippen molar-refractivity contribution in [3.63, 3.8) is 0 Å². The molecule has 154 valence electrons. The lowest BCUT2D eigenvalue weighted by Gasteiger charge is -2.09. The van der Waals surface area contributed by atoms with Gasteiger partial charge in [0.1, 0.15) is 28.4 Å². The summed E-state index contributed by atoms with van der Waals surface area (Å²) in [5.41, 5.74) is 4.09. The van der Waals surface area contributed by atoms with Gasteiger partial charge in [0.15, 0.2) is 5.15 Å². The van der Waals surface area contributed by atoms with Gasteiger partial charge in [-0.15, -0.1) is 0 Å². The van der Waals surface area contributed by atoms with Crippen molar-refractivity contribution in [1.82, 2.24) is 9.97 Å². The molecule has 5 N–H and O–H groups in total. The minimum Gasteiger partial charge on any atom is -0.397 e. The summed E-state index contributed by atoms with van der Waals surface area (Å²) in [5.74, 6) is -0.978. The van der Waals surface area contributed by atoms with Gasteiger partial charge in [-0.2, -0.15) is 37.1 Å². The molecule has 0 aliphatic heterocycles. The van der Waals surface area contributed by atoms with E-state index in [2.05, 4.69) is 14.2 Å². The van der Waals surface area contributed by atoms with Crippen molar-refractivity contribution < 1.29 is 25.8 Å². The summed E-state index contributed by atoms with van der Waals surface area (Å²) in [7, 11) is -5.86. The van der Waals surface area contributed by atoms with E-state index in [0.29, 0.717) is 6.07 Å². The van der Waals surface area contributed by atoms with Gasteiger partial charge in [-0.3, -0.25) is 4.79 Å². The number of nitrogen functional groups attached to an aromatic ring is 2. The Labute approximate surface area is 170 Å². The zero-order chi connectivity index (χ0) is 22.6. The molecule has 0 saturated heterocycles. The van der Waals surface area contributed by atoms with Crippen LogP contribution in [0.2, 0.25) is 10.3 Å². The average molecular weight is 471 g/mol. The minimum atomic E-state index is -5.86. The fraction of sp³-hybridized carbons (Fsp3) is 0.0769. The first-order chi connectivity index (χ1) is 13.2. The molecule has 2 rings (SSSR count). The van der Waals surface area contributed by atoms with E-state index in [-0.39, 0.29) is 27.7 Å². The maximum absolute atomic E-state index is 12.0. The van der Waals surface area contributed by atoms with Gasteiger partial charge < -0.3 is 20.6 Å². The molecule has 2 aromatic heterocycles. The van der Waals surface area contributed by atoms with E-state index in [1.807, 2.05) is 0 Å². The van der Waals surface area contributed by atoms with Crippen LogP contribution in [0, 0.1) is 22.7 Å². The summed E-state index contributed by atoms with van der Waals surface area (Å²) < 4.78 is 61.0. The fourth-order valence-corrected chi connectivity index (χ4v) is 2.37. The number of nitrogens with one attached hydrogen (secondary N) is 1. The molecule has 0 unspecified atom stereocenters. The van der Waals surface area contributed by atoms with Gasteiger partial charge in [-0.1, -0.05) is 23.2 Å². The highest BCUT2D eigenvalue weighted by atomic mass is 35.5. The van der Waals surface area contributed by atoms with Crippen LogP contribution in [0.25, 0.3) is 0 Å². The molecular weight excluding hydrogens is 464 g/mol. The normalized spacial score (nSPS) is 10.9. The number of anilines is 2. The number of halogens is 5. The Morgan fingerprint density at radius 1 is 1.10 bits per heavy atom. The maximum atomic E-state index is 12.0. The van der Waals surface area contributed by atoms with Gasteiger partial charge in [0, 0.05) is 12.1 Å². The topological polar surface area (TPSA) is 189 Å². The van der Waals surface area contributed by atoms with E-state index in [1.54, 1.807) is 6.07 Å². The lowest BCUT2D eigenvalue weighted by Crippen LogP contribution is -2.28. The number of nitrogens with zero attached hydrogens (tertiary/aromatic N) is 3. The minimum absolute atomic E-state index is 0.0162. The highest BCUT2D eigenvalue weighted by molar-refractivity contribution is 7.87. The predicted molar refractivity (Wildman–Crippen MR) is 95.2 cm³/mol. The molecule has 0 fully saturated rings. The van der Waals surface area contributed by atoms with Crippen molar-refractivity contribution in [3.8, 4) is 18.0 Å². The van der Waals surface area contributed by atoms with E-state index in [1.165, 1.54) is 6.07 Å². The van der Waals surface area contributed by atoms with E-state index >= 15 is 0 Å². The van der Waals surface area contributed by atoms with Crippen molar-refractivity contribution in [1.29, 1.82) is 10.5 Å². The monoisotopic (exact) mass is 470 g/mol. The second-order valence-electron chi connectivity index (χ2n) is 4.70. The molecule has 0 saturated carbocycles. The molecule has 0 radical (unpaired) electrons. The molecule has 16 heteroatoms. The number of pyridine rings is 2. The quantitative estimate of drug-likeness (QED) is 0.334. The Balaban J connectivity index is 0.000000326. The van der Waals surface area contributed by atoms with E-state index in [9.17, 15) is 26.4 Å². The lowest BCUT2D eigenvalue weighted by molar-refractivity contribution is -0.0501. The maximum Gasteiger partial charge on any atom is 0.534 e. The van der Waals surface area contributed by atoms with Crippen molar-refractivity contribution >= 4 is 44.7 Å². The van der Waals surface area contributed by atoms with Crippen LogP contribution < -0.4 is 21.2 Å². The van der Waals surface area contributed by atoms with Crippen LogP contribution in [0.1, 0.15) is 11.1 Å². The molecule has 0 spiro atoms. The Kier molecular flexibility index (Phi) is 7.29. The highest BCUT2D eigenvalue weighted by Gasteiger charge is 2.49. The molecule has 29 heavy (non-hydrogen) atoms. The standard InChI is InChI=1S/C7H3ClF3N3O3S.C6H4ClN3O/c8-6-3(2-12)4(13)1-5(14-6)17-18(15,16)7(9,10)11;7-6-3(2-8)4(9)1-5(11)10-6/h1H,(H2,13,14);1H,(H3,9,10,11). The molecule has 0 atom stereocenters. The lowest BCUT2D eigenvalue weighted by atomic mass is 10.2. The Bertz CT molecular complexity index is 1140. The number of hydrogen-bond acceptors (Lipinski definition) is 9. The molecule has 0 amide bonds. The van der Waals surface area contributed by atoms with E-state index in [0.717, 1.165) is 6.07 Å². The van der Waals surface area contributed by atoms with Gasteiger partial charge >= 0.3 is 15.6 Å². The number of H-pyrrole nitrogens is 1. The number of rotatable bonds is 2. The first-order valence-electron chi connectivity index (χ1n) is 6.68. The number of alkyl halides is 3. The van der Waals surface area contributed by atoms with Crippen LogP contribution >= 0.6 is 23.2 Å². The first kappa shape index (κ1) is 23.8. The van der Waals surface area contributed by atoms with Crippen LogP contribution in [-0.4, -0.2) is 23.9 Å². The zero-order valence-electron chi connectivity index (χ0n) is 13.6. The van der Waals surface area contributed by atoms with E-state index in [4.69, 9.17) is 45.2 Å². The molecule has 2 heterocycles. The number of nitriles is 2. The Hall–Kier alpha value is -3.20. The summed E-state index contributed by atoms with van der Waals surface area (Å²) in [6, 6.07) is 5.06. The Morgan fingerprint density at radius 3 is 2.03 bits per heavy atom. The van der Waals surface area contributed by atoms with Crippen LogP contribution in [0.5, 0.6) is 5.88 Å². The van der Waals surface area contributed by atoms with Crippen molar-refractivity contribution in [2.24, 2.45) is 0 Å². The second kappa shape index (κ2) is 8.87. The third-order valence-electron chi connectivity index (χ3n) is 2.71. The zero-order valence-corrected chi connectivity index (χ0v) is 15.9. The highest BCUT2D eigenvalue weighted by Crippen LogP contribution is 2.29. The number of hydrogen-bond donors (Lipinski definition) is 3. The van der Waals surface area contributed by atoms with Gasteiger partial charge in [0.05, 0.1) is 11.4 Å².